The zero-order valence-corrected chi connectivity index (χ0v) is 9.35. The molecule has 1 aromatic rings. The second-order valence-electron chi connectivity index (χ2n) is 4.45. The minimum atomic E-state index is -0.583. The first-order valence-corrected chi connectivity index (χ1v) is 5.30. The standard InChI is InChI=1S/C12H18O2/c1-5-10-6-12(10,13)11-7(2)8(3)14-9(11)4/h10,13H,5-6H2,1-4H3. The van der Waals surface area contributed by atoms with E-state index < -0.39 is 5.60 Å². The Hall–Kier alpha value is -0.760. The molecule has 2 heteroatoms. The minimum absolute atomic E-state index is 0.428. The predicted octanol–water partition coefficient (Wildman–Crippen LogP) is 2.82. The molecule has 0 bridgehead atoms. The summed E-state index contributed by atoms with van der Waals surface area (Å²) < 4.78 is 5.54. The van der Waals surface area contributed by atoms with E-state index in [4.69, 9.17) is 4.42 Å². The second-order valence-corrected chi connectivity index (χ2v) is 4.45. The van der Waals surface area contributed by atoms with E-state index in [1.807, 2.05) is 20.8 Å². The van der Waals surface area contributed by atoms with Crippen LogP contribution in [-0.4, -0.2) is 5.11 Å². The van der Waals surface area contributed by atoms with E-state index in [1.165, 1.54) is 0 Å². The average Bonchev–Trinajstić information content (AvgIpc) is 2.69. The van der Waals surface area contributed by atoms with Crippen LogP contribution in [0.25, 0.3) is 0 Å². The van der Waals surface area contributed by atoms with Crippen LogP contribution in [0.4, 0.5) is 0 Å². The summed E-state index contributed by atoms with van der Waals surface area (Å²) >= 11 is 0. The molecule has 2 nitrogen and oxygen atoms in total. The Bertz CT molecular complexity index is 365. The molecular formula is C12H18O2. The lowest BCUT2D eigenvalue weighted by atomic mass is 10.0. The van der Waals surface area contributed by atoms with E-state index >= 15 is 0 Å². The third kappa shape index (κ3) is 1.13. The first-order chi connectivity index (χ1) is 6.50. The van der Waals surface area contributed by atoms with Gasteiger partial charge in [-0.05, 0) is 38.7 Å². The van der Waals surface area contributed by atoms with Crippen LogP contribution in [0.15, 0.2) is 4.42 Å². The maximum Gasteiger partial charge on any atom is 0.107 e. The molecule has 0 aliphatic heterocycles. The van der Waals surface area contributed by atoms with E-state index in [2.05, 4.69) is 6.92 Å². The van der Waals surface area contributed by atoms with Gasteiger partial charge in [0, 0.05) is 5.56 Å². The Morgan fingerprint density at radius 3 is 2.36 bits per heavy atom. The van der Waals surface area contributed by atoms with Crippen LogP contribution >= 0.6 is 0 Å². The Morgan fingerprint density at radius 1 is 1.36 bits per heavy atom. The lowest BCUT2D eigenvalue weighted by molar-refractivity contribution is 0.128. The van der Waals surface area contributed by atoms with Crippen molar-refractivity contribution in [3.8, 4) is 0 Å². The van der Waals surface area contributed by atoms with Gasteiger partial charge < -0.3 is 9.52 Å². The molecule has 0 aromatic carbocycles. The largest absolute Gasteiger partial charge is 0.466 e. The first kappa shape index (κ1) is 9.78. The fraction of sp³-hybridized carbons (Fsp3) is 0.667. The highest BCUT2D eigenvalue weighted by atomic mass is 16.3. The summed E-state index contributed by atoms with van der Waals surface area (Å²) in [6.45, 7) is 8.06. The highest BCUT2D eigenvalue weighted by molar-refractivity contribution is 5.40. The molecule has 0 amide bonds. The van der Waals surface area contributed by atoms with Gasteiger partial charge in [-0.2, -0.15) is 0 Å². The van der Waals surface area contributed by atoms with Gasteiger partial charge >= 0.3 is 0 Å². The van der Waals surface area contributed by atoms with E-state index in [1.54, 1.807) is 0 Å². The van der Waals surface area contributed by atoms with Gasteiger partial charge in [0.15, 0.2) is 0 Å². The Labute approximate surface area is 84.9 Å². The molecule has 2 unspecified atom stereocenters. The van der Waals surface area contributed by atoms with Crippen LogP contribution in [-0.2, 0) is 5.60 Å². The van der Waals surface area contributed by atoms with Gasteiger partial charge in [0.25, 0.3) is 0 Å². The smallest absolute Gasteiger partial charge is 0.107 e. The van der Waals surface area contributed by atoms with E-state index in [0.717, 1.165) is 35.5 Å². The topological polar surface area (TPSA) is 33.4 Å². The van der Waals surface area contributed by atoms with Crippen molar-refractivity contribution in [3.05, 3.63) is 22.6 Å². The highest BCUT2D eigenvalue weighted by Crippen LogP contribution is 2.56. The van der Waals surface area contributed by atoms with Crippen LogP contribution in [0.2, 0.25) is 0 Å². The normalized spacial score (nSPS) is 30.8. The SMILES string of the molecule is CCC1CC1(O)c1c(C)oc(C)c1C. The summed E-state index contributed by atoms with van der Waals surface area (Å²) in [6, 6.07) is 0. The monoisotopic (exact) mass is 194 g/mol. The number of hydrogen-bond donors (Lipinski definition) is 1. The molecule has 2 rings (SSSR count). The summed E-state index contributed by atoms with van der Waals surface area (Å²) in [6.07, 6.45) is 1.93. The Morgan fingerprint density at radius 2 is 2.00 bits per heavy atom. The molecule has 2 atom stereocenters. The third-order valence-electron chi connectivity index (χ3n) is 3.56. The summed E-state index contributed by atoms with van der Waals surface area (Å²) in [5.74, 6) is 2.25. The summed E-state index contributed by atoms with van der Waals surface area (Å²) in [5.41, 5.74) is 1.59. The lowest BCUT2D eigenvalue weighted by Crippen LogP contribution is -2.10. The quantitative estimate of drug-likeness (QED) is 0.785. The van der Waals surface area contributed by atoms with Crippen molar-refractivity contribution in [3.63, 3.8) is 0 Å². The maximum absolute atomic E-state index is 10.4. The van der Waals surface area contributed by atoms with E-state index in [9.17, 15) is 5.11 Å². The van der Waals surface area contributed by atoms with Gasteiger partial charge in [0.1, 0.15) is 11.5 Å². The van der Waals surface area contributed by atoms with Crippen molar-refractivity contribution >= 4 is 0 Å². The Kier molecular flexibility index (Phi) is 2.00. The fourth-order valence-corrected chi connectivity index (χ4v) is 2.53. The second kappa shape index (κ2) is 2.86. The molecule has 1 saturated carbocycles. The average molecular weight is 194 g/mol. The molecule has 1 aliphatic rings. The lowest BCUT2D eigenvalue weighted by Gasteiger charge is -2.10. The molecule has 0 spiro atoms. The molecule has 1 fully saturated rings. The van der Waals surface area contributed by atoms with Crippen molar-refractivity contribution in [2.75, 3.05) is 0 Å². The number of hydrogen-bond acceptors (Lipinski definition) is 2. The van der Waals surface area contributed by atoms with Crippen molar-refractivity contribution < 1.29 is 9.52 Å². The van der Waals surface area contributed by atoms with Gasteiger partial charge in [0.2, 0.25) is 0 Å². The van der Waals surface area contributed by atoms with Crippen LogP contribution in [0.5, 0.6) is 0 Å². The first-order valence-electron chi connectivity index (χ1n) is 5.30. The minimum Gasteiger partial charge on any atom is -0.466 e. The molecule has 1 aromatic heterocycles. The maximum atomic E-state index is 10.4. The number of aryl methyl sites for hydroxylation is 2. The van der Waals surface area contributed by atoms with Gasteiger partial charge in [-0.3, -0.25) is 0 Å². The molecule has 0 saturated heterocycles. The van der Waals surface area contributed by atoms with E-state index in [0.29, 0.717) is 5.92 Å². The van der Waals surface area contributed by atoms with Gasteiger partial charge in [-0.25, -0.2) is 0 Å². The molecular weight excluding hydrogens is 176 g/mol. The number of furan rings is 1. The molecule has 1 N–H and O–H groups in total. The molecule has 78 valence electrons. The zero-order chi connectivity index (χ0) is 10.5. The molecule has 14 heavy (non-hydrogen) atoms. The summed E-state index contributed by atoms with van der Waals surface area (Å²) in [5, 5.41) is 10.4. The van der Waals surface area contributed by atoms with Crippen molar-refractivity contribution in [1.29, 1.82) is 0 Å². The van der Waals surface area contributed by atoms with Gasteiger partial charge in [0.05, 0.1) is 5.60 Å². The predicted molar refractivity (Wildman–Crippen MR) is 55.2 cm³/mol. The van der Waals surface area contributed by atoms with Crippen LogP contribution in [0.3, 0.4) is 0 Å². The molecule has 1 heterocycles. The number of rotatable bonds is 2. The molecule has 1 aliphatic carbocycles. The Balaban J connectivity index is 2.43. The van der Waals surface area contributed by atoms with E-state index in [-0.39, 0.29) is 0 Å². The summed E-state index contributed by atoms with van der Waals surface area (Å²) in [7, 11) is 0. The zero-order valence-electron chi connectivity index (χ0n) is 9.35. The van der Waals surface area contributed by atoms with Crippen LogP contribution < -0.4 is 0 Å². The van der Waals surface area contributed by atoms with Gasteiger partial charge in [-0.15, -0.1) is 0 Å². The van der Waals surface area contributed by atoms with Crippen LogP contribution in [0, 0.1) is 26.7 Å². The van der Waals surface area contributed by atoms with Crippen molar-refractivity contribution in [2.45, 2.75) is 46.1 Å². The van der Waals surface area contributed by atoms with Crippen molar-refractivity contribution in [1.82, 2.24) is 0 Å². The molecule has 0 radical (unpaired) electrons. The van der Waals surface area contributed by atoms with Crippen molar-refractivity contribution in [2.24, 2.45) is 5.92 Å². The highest BCUT2D eigenvalue weighted by Gasteiger charge is 2.55. The fourth-order valence-electron chi connectivity index (χ4n) is 2.53. The van der Waals surface area contributed by atoms with Crippen LogP contribution in [0.1, 0.15) is 42.4 Å². The third-order valence-corrected chi connectivity index (χ3v) is 3.56. The summed E-state index contributed by atoms with van der Waals surface area (Å²) in [4.78, 5) is 0. The van der Waals surface area contributed by atoms with Gasteiger partial charge in [-0.1, -0.05) is 13.3 Å². The number of aliphatic hydroxyl groups is 1.